The van der Waals surface area contributed by atoms with Gasteiger partial charge in [-0.2, -0.15) is 4.98 Å². The van der Waals surface area contributed by atoms with Crippen LogP contribution >= 0.6 is 23.2 Å². The Morgan fingerprint density at radius 1 is 1.26 bits per heavy atom. The second-order valence-corrected chi connectivity index (χ2v) is 6.60. The van der Waals surface area contributed by atoms with E-state index in [1.165, 1.54) is 4.68 Å². The lowest BCUT2D eigenvalue weighted by Crippen LogP contribution is -2.26. The van der Waals surface area contributed by atoms with Crippen molar-refractivity contribution in [1.82, 2.24) is 30.2 Å². The van der Waals surface area contributed by atoms with Crippen LogP contribution < -0.4 is 5.32 Å². The number of aromatic nitrogens is 5. The van der Waals surface area contributed by atoms with Crippen LogP contribution in [0.5, 0.6) is 0 Å². The number of hydrogen-bond acceptors (Lipinski definition) is 6. The minimum absolute atomic E-state index is 0.0662. The molecule has 1 N–H and O–H groups in total. The van der Waals surface area contributed by atoms with Gasteiger partial charge in [0.15, 0.2) is 5.82 Å². The van der Waals surface area contributed by atoms with Crippen molar-refractivity contribution in [1.29, 1.82) is 0 Å². The van der Waals surface area contributed by atoms with Crippen molar-refractivity contribution in [3.8, 4) is 5.69 Å². The molecule has 0 aliphatic carbocycles. The molecule has 0 spiro atoms. The number of carbonyl (C=O) groups is 1. The lowest BCUT2D eigenvalue weighted by Gasteiger charge is -2.08. The molecule has 10 heteroatoms. The van der Waals surface area contributed by atoms with Gasteiger partial charge in [-0.25, -0.2) is 9.67 Å². The number of rotatable bonds is 7. The highest BCUT2D eigenvalue weighted by Crippen LogP contribution is 2.28. The predicted molar refractivity (Wildman–Crippen MR) is 100 cm³/mol. The van der Waals surface area contributed by atoms with Gasteiger partial charge in [-0.15, -0.1) is 5.10 Å². The normalized spacial score (nSPS) is 11.0. The molecule has 0 aliphatic heterocycles. The van der Waals surface area contributed by atoms with Crippen LogP contribution in [-0.4, -0.2) is 37.4 Å². The molecule has 0 radical (unpaired) electrons. The van der Waals surface area contributed by atoms with Crippen LogP contribution in [0.3, 0.4) is 0 Å². The van der Waals surface area contributed by atoms with Crippen molar-refractivity contribution in [2.45, 2.75) is 33.1 Å². The van der Waals surface area contributed by atoms with Crippen molar-refractivity contribution >= 4 is 29.1 Å². The summed E-state index contributed by atoms with van der Waals surface area (Å²) in [6.07, 6.45) is 1.81. The third-order valence-electron chi connectivity index (χ3n) is 3.77. The Kier molecular flexibility index (Phi) is 6.08. The molecule has 27 heavy (non-hydrogen) atoms. The second kappa shape index (κ2) is 8.49. The van der Waals surface area contributed by atoms with Crippen LogP contribution in [0.1, 0.15) is 41.5 Å². The number of hydrogen-bond donors (Lipinski definition) is 1. The monoisotopic (exact) mass is 408 g/mol. The minimum Gasteiger partial charge on any atom is -0.349 e. The molecular weight excluding hydrogens is 391 g/mol. The Labute approximate surface area is 165 Å². The molecule has 0 unspecified atom stereocenters. The topological polar surface area (TPSA) is 98.7 Å². The van der Waals surface area contributed by atoms with E-state index in [4.69, 9.17) is 27.7 Å². The maximum atomic E-state index is 12.4. The average Bonchev–Trinajstić information content (AvgIpc) is 3.25. The number of halogens is 2. The van der Waals surface area contributed by atoms with Crippen LogP contribution in [0.15, 0.2) is 22.7 Å². The van der Waals surface area contributed by atoms with Crippen molar-refractivity contribution in [3.05, 3.63) is 51.6 Å². The van der Waals surface area contributed by atoms with Crippen LogP contribution in [0, 0.1) is 6.92 Å². The average molecular weight is 409 g/mol. The summed E-state index contributed by atoms with van der Waals surface area (Å²) in [5.41, 5.74) is 0.510. The number of carbonyl (C=O) groups excluding carboxylic acids is 1. The van der Waals surface area contributed by atoms with Crippen LogP contribution in [0.2, 0.25) is 10.0 Å². The molecule has 0 bridgehead atoms. The van der Waals surface area contributed by atoms with Gasteiger partial charge in [0, 0.05) is 19.4 Å². The lowest BCUT2D eigenvalue weighted by molar-refractivity contribution is 0.0942. The number of nitrogens with one attached hydrogen (secondary N) is 1. The molecule has 1 amide bonds. The molecule has 1 aromatic carbocycles. The van der Waals surface area contributed by atoms with E-state index in [9.17, 15) is 4.79 Å². The van der Waals surface area contributed by atoms with E-state index in [0.717, 1.165) is 0 Å². The minimum atomic E-state index is -0.367. The van der Waals surface area contributed by atoms with Gasteiger partial charge in [-0.3, -0.25) is 4.79 Å². The maximum absolute atomic E-state index is 12.4. The maximum Gasteiger partial charge on any atom is 0.290 e. The summed E-state index contributed by atoms with van der Waals surface area (Å²) in [5.74, 6) is 1.43. The molecule has 2 heterocycles. The van der Waals surface area contributed by atoms with Gasteiger partial charge in [-0.05, 0) is 25.5 Å². The van der Waals surface area contributed by atoms with Crippen LogP contribution in [0.25, 0.3) is 5.69 Å². The van der Waals surface area contributed by atoms with Gasteiger partial charge >= 0.3 is 0 Å². The number of amides is 1. The molecule has 0 atom stereocenters. The Morgan fingerprint density at radius 3 is 2.63 bits per heavy atom. The van der Waals surface area contributed by atoms with Crippen molar-refractivity contribution < 1.29 is 9.32 Å². The summed E-state index contributed by atoms with van der Waals surface area (Å²) in [4.78, 5) is 20.8. The van der Waals surface area contributed by atoms with E-state index < -0.39 is 0 Å². The molecule has 3 aromatic rings. The zero-order valence-electron chi connectivity index (χ0n) is 14.9. The van der Waals surface area contributed by atoms with E-state index in [0.29, 0.717) is 59.1 Å². The van der Waals surface area contributed by atoms with Gasteiger partial charge in [0.1, 0.15) is 11.5 Å². The highest BCUT2D eigenvalue weighted by Gasteiger charge is 2.19. The zero-order valence-corrected chi connectivity index (χ0v) is 16.4. The Balaban J connectivity index is 1.68. The first-order valence-corrected chi connectivity index (χ1v) is 9.23. The van der Waals surface area contributed by atoms with Crippen molar-refractivity contribution in [2.75, 3.05) is 6.54 Å². The third kappa shape index (κ3) is 4.45. The lowest BCUT2D eigenvalue weighted by atomic mass is 10.3. The fourth-order valence-electron chi connectivity index (χ4n) is 2.50. The highest BCUT2D eigenvalue weighted by molar-refractivity contribution is 6.37. The summed E-state index contributed by atoms with van der Waals surface area (Å²) in [7, 11) is 0. The summed E-state index contributed by atoms with van der Waals surface area (Å²) < 4.78 is 6.55. The van der Waals surface area contributed by atoms with E-state index in [1.807, 2.05) is 6.92 Å². The summed E-state index contributed by atoms with van der Waals surface area (Å²) in [6, 6.07) is 5.17. The van der Waals surface area contributed by atoms with E-state index >= 15 is 0 Å². The van der Waals surface area contributed by atoms with Crippen LogP contribution in [0.4, 0.5) is 0 Å². The molecule has 0 saturated carbocycles. The molecule has 3 rings (SSSR count). The first kappa shape index (κ1) is 19.3. The van der Waals surface area contributed by atoms with Gasteiger partial charge in [0.2, 0.25) is 11.7 Å². The van der Waals surface area contributed by atoms with Gasteiger partial charge in [0.25, 0.3) is 5.91 Å². The first-order chi connectivity index (χ1) is 13.0. The highest BCUT2D eigenvalue weighted by atomic mass is 35.5. The molecule has 8 nitrogen and oxygen atoms in total. The van der Waals surface area contributed by atoms with E-state index in [1.54, 1.807) is 25.1 Å². The number of nitrogens with zero attached hydrogens (tertiary/aromatic N) is 5. The van der Waals surface area contributed by atoms with Crippen molar-refractivity contribution in [2.24, 2.45) is 0 Å². The Bertz CT molecular complexity index is 933. The second-order valence-electron chi connectivity index (χ2n) is 5.78. The third-order valence-corrected chi connectivity index (χ3v) is 4.38. The van der Waals surface area contributed by atoms with Crippen molar-refractivity contribution in [3.63, 3.8) is 0 Å². The largest absolute Gasteiger partial charge is 0.349 e. The molecule has 0 fully saturated rings. The first-order valence-electron chi connectivity index (χ1n) is 8.47. The molecule has 2 aromatic heterocycles. The number of aryl methyl sites for hydroxylation is 3. The Hall–Kier alpha value is -2.45. The van der Waals surface area contributed by atoms with Gasteiger partial charge < -0.3 is 9.84 Å². The Morgan fingerprint density at radius 2 is 2.00 bits per heavy atom. The molecular formula is C17H18Cl2N6O2. The smallest absolute Gasteiger partial charge is 0.290 e. The standard InChI is InChI=1S/C17H18Cl2N6O2/c1-3-13-22-16(23-25(13)15-11(18)6-4-7-12(15)19)17(26)20-9-5-8-14-21-10(2)24-27-14/h4,6-7H,3,5,8-9H2,1-2H3,(H,20,26). The molecule has 142 valence electrons. The fourth-order valence-corrected chi connectivity index (χ4v) is 3.06. The van der Waals surface area contributed by atoms with E-state index in [2.05, 4.69) is 25.5 Å². The predicted octanol–water partition coefficient (Wildman–Crippen LogP) is 3.19. The van der Waals surface area contributed by atoms with Crippen LogP contribution in [-0.2, 0) is 12.8 Å². The SMILES string of the molecule is CCc1nc(C(=O)NCCCc2nc(C)no2)nn1-c1c(Cl)cccc1Cl. The zero-order chi connectivity index (χ0) is 19.4. The van der Waals surface area contributed by atoms with Gasteiger partial charge in [-0.1, -0.05) is 41.3 Å². The summed E-state index contributed by atoms with van der Waals surface area (Å²) in [6.45, 7) is 4.11. The number of para-hydroxylation sites is 1. The molecule has 0 aliphatic rings. The number of benzene rings is 1. The summed E-state index contributed by atoms with van der Waals surface area (Å²) >= 11 is 12.5. The summed E-state index contributed by atoms with van der Waals surface area (Å²) in [5, 5.41) is 11.7. The van der Waals surface area contributed by atoms with E-state index in [-0.39, 0.29) is 11.7 Å². The molecule has 0 saturated heterocycles. The fraction of sp³-hybridized carbons (Fsp3) is 0.353. The van der Waals surface area contributed by atoms with Gasteiger partial charge in [0.05, 0.1) is 10.0 Å². The quantitative estimate of drug-likeness (QED) is 0.602.